The first-order chi connectivity index (χ1) is 12.2. The number of halogens is 1. The zero-order valence-corrected chi connectivity index (χ0v) is 14.5. The first kappa shape index (κ1) is 16.1. The van der Waals surface area contributed by atoms with Crippen molar-refractivity contribution in [1.29, 1.82) is 0 Å². The molecule has 0 atom stereocenters. The number of nitrogens with one attached hydrogen (secondary N) is 1. The van der Waals surface area contributed by atoms with Crippen LogP contribution in [0.1, 0.15) is 22.3 Å². The van der Waals surface area contributed by atoms with E-state index in [2.05, 4.69) is 16.4 Å². The number of rotatable bonds is 3. The second kappa shape index (κ2) is 6.82. The summed E-state index contributed by atoms with van der Waals surface area (Å²) in [6.07, 6.45) is 7.08. The third-order valence-electron chi connectivity index (χ3n) is 4.54. The molecule has 4 rings (SSSR count). The predicted octanol–water partition coefficient (Wildman–Crippen LogP) is 3.95. The van der Waals surface area contributed by atoms with Gasteiger partial charge in [0.2, 0.25) is 5.91 Å². The Morgan fingerprint density at radius 1 is 1.24 bits per heavy atom. The van der Waals surface area contributed by atoms with Gasteiger partial charge in [-0.1, -0.05) is 35.9 Å². The lowest BCUT2D eigenvalue weighted by Gasteiger charge is -2.12. The average Bonchev–Trinajstić information content (AvgIpc) is 3.04. The molecule has 5 heteroatoms. The van der Waals surface area contributed by atoms with Crippen molar-refractivity contribution < 1.29 is 4.79 Å². The van der Waals surface area contributed by atoms with Gasteiger partial charge in [0.1, 0.15) is 0 Å². The lowest BCUT2D eigenvalue weighted by molar-refractivity contribution is 0.0919. The van der Waals surface area contributed by atoms with Crippen LogP contribution in [0.3, 0.4) is 0 Å². The molecule has 0 aliphatic carbocycles. The molecule has 0 saturated heterocycles. The van der Waals surface area contributed by atoms with Gasteiger partial charge in [0, 0.05) is 29.5 Å². The molecule has 1 aromatic carbocycles. The Labute approximate surface area is 151 Å². The van der Waals surface area contributed by atoms with Crippen molar-refractivity contribution in [2.24, 2.45) is 0 Å². The van der Waals surface area contributed by atoms with Crippen molar-refractivity contribution in [2.45, 2.75) is 12.8 Å². The molecule has 0 bridgehead atoms. The van der Waals surface area contributed by atoms with Gasteiger partial charge in [0.05, 0.1) is 17.5 Å². The number of pyridine rings is 1. The van der Waals surface area contributed by atoms with Crippen LogP contribution in [0.4, 0.5) is 0 Å². The summed E-state index contributed by atoms with van der Waals surface area (Å²) in [4.78, 5) is 17.4. The molecule has 1 N–H and O–H groups in total. The van der Waals surface area contributed by atoms with Gasteiger partial charge in [-0.15, -0.1) is 0 Å². The number of benzene rings is 1. The summed E-state index contributed by atoms with van der Waals surface area (Å²) >= 11 is 6.21. The summed E-state index contributed by atoms with van der Waals surface area (Å²) in [5.41, 5.74) is 4.84. The summed E-state index contributed by atoms with van der Waals surface area (Å²) in [6.45, 7) is 1.79. The fourth-order valence-corrected chi connectivity index (χ4v) is 3.46. The molecule has 3 aromatic rings. The van der Waals surface area contributed by atoms with Crippen molar-refractivity contribution in [1.82, 2.24) is 14.9 Å². The zero-order valence-electron chi connectivity index (χ0n) is 13.7. The van der Waals surface area contributed by atoms with Gasteiger partial charge in [-0.2, -0.15) is 0 Å². The van der Waals surface area contributed by atoms with Crippen molar-refractivity contribution in [3.05, 3.63) is 71.0 Å². The maximum atomic E-state index is 12.9. The van der Waals surface area contributed by atoms with Crippen molar-refractivity contribution in [2.75, 3.05) is 13.1 Å². The molecule has 0 saturated carbocycles. The molecular formula is C20H18ClN3O. The summed E-state index contributed by atoms with van der Waals surface area (Å²) in [6, 6.07) is 11.3. The molecule has 3 heterocycles. The molecular weight excluding hydrogens is 334 g/mol. The molecule has 0 amide bonds. The monoisotopic (exact) mass is 351 g/mol. The Balaban J connectivity index is 1.76. The van der Waals surface area contributed by atoms with Crippen LogP contribution < -0.4 is 5.32 Å². The molecule has 1 aliphatic heterocycles. The number of fused-ring (bicyclic) bond motifs is 1. The Kier molecular flexibility index (Phi) is 4.38. The molecule has 126 valence electrons. The third kappa shape index (κ3) is 3.11. The van der Waals surface area contributed by atoms with E-state index in [1.54, 1.807) is 10.8 Å². The van der Waals surface area contributed by atoms with Gasteiger partial charge in [-0.05, 0) is 42.3 Å². The van der Waals surface area contributed by atoms with Crippen LogP contribution in [0.25, 0.3) is 16.6 Å². The molecule has 0 radical (unpaired) electrons. The van der Waals surface area contributed by atoms with Gasteiger partial charge in [0.25, 0.3) is 0 Å². The van der Waals surface area contributed by atoms with Gasteiger partial charge in [-0.25, -0.2) is 0 Å². The van der Waals surface area contributed by atoms with E-state index in [4.69, 9.17) is 11.6 Å². The second-order valence-electron chi connectivity index (χ2n) is 6.13. The van der Waals surface area contributed by atoms with E-state index in [1.165, 1.54) is 5.57 Å². The molecule has 4 nitrogen and oxygen atoms in total. The average molecular weight is 352 g/mol. The van der Waals surface area contributed by atoms with Gasteiger partial charge in [0.15, 0.2) is 0 Å². The van der Waals surface area contributed by atoms with Crippen molar-refractivity contribution >= 4 is 34.1 Å². The number of hydrogen-bond acceptors (Lipinski definition) is 3. The quantitative estimate of drug-likeness (QED) is 0.777. The Hall–Kier alpha value is -2.43. The Bertz CT molecular complexity index is 974. The largest absolute Gasteiger partial charge is 0.313 e. The fraction of sp³-hybridized carbons (Fsp3) is 0.200. The highest BCUT2D eigenvalue weighted by molar-refractivity contribution is 6.31. The minimum absolute atomic E-state index is 0.00751. The molecule has 1 aliphatic rings. The van der Waals surface area contributed by atoms with Crippen LogP contribution in [-0.2, 0) is 6.42 Å². The van der Waals surface area contributed by atoms with Gasteiger partial charge < -0.3 is 5.32 Å². The highest BCUT2D eigenvalue weighted by atomic mass is 35.5. The van der Waals surface area contributed by atoms with Crippen LogP contribution in [0.2, 0.25) is 5.02 Å². The van der Waals surface area contributed by atoms with Crippen LogP contribution >= 0.6 is 11.6 Å². The van der Waals surface area contributed by atoms with E-state index < -0.39 is 0 Å². The van der Waals surface area contributed by atoms with Crippen LogP contribution in [-0.4, -0.2) is 28.5 Å². The molecule has 0 unspecified atom stereocenters. The summed E-state index contributed by atoms with van der Waals surface area (Å²) in [7, 11) is 0. The maximum absolute atomic E-state index is 12.9. The first-order valence-corrected chi connectivity index (χ1v) is 8.74. The SMILES string of the molecule is O=C(Cc1ccccc1Cl)n1cc(C2=CCNCC2)c2ncccc21. The number of carbonyl (C=O) groups excluding carboxylic acids is 1. The zero-order chi connectivity index (χ0) is 17.2. The van der Waals surface area contributed by atoms with E-state index in [-0.39, 0.29) is 12.3 Å². The van der Waals surface area contributed by atoms with E-state index in [0.717, 1.165) is 41.7 Å². The molecule has 0 spiro atoms. The predicted molar refractivity (Wildman–Crippen MR) is 101 cm³/mol. The number of nitrogens with zero attached hydrogens (tertiary/aromatic N) is 2. The minimum atomic E-state index is -0.00751. The topological polar surface area (TPSA) is 46.9 Å². The van der Waals surface area contributed by atoms with E-state index in [9.17, 15) is 4.79 Å². The van der Waals surface area contributed by atoms with Crippen molar-refractivity contribution in [3.8, 4) is 0 Å². The van der Waals surface area contributed by atoms with E-state index in [0.29, 0.717) is 5.02 Å². The van der Waals surface area contributed by atoms with Crippen molar-refractivity contribution in [3.63, 3.8) is 0 Å². The highest BCUT2D eigenvalue weighted by Crippen LogP contribution is 2.29. The second-order valence-corrected chi connectivity index (χ2v) is 6.54. The smallest absolute Gasteiger partial charge is 0.235 e. The molecule has 0 fully saturated rings. The molecule has 25 heavy (non-hydrogen) atoms. The van der Waals surface area contributed by atoms with E-state index in [1.807, 2.05) is 42.6 Å². The molecule has 2 aromatic heterocycles. The summed E-state index contributed by atoms with van der Waals surface area (Å²) in [5.74, 6) is -0.00751. The lowest BCUT2D eigenvalue weighted by atomic mass is 10.0. The van der Waals surface area contributed by atoms with Gasteiger partial charge in [-0.3, -0.25) is 14.3 Å². The van der Waals surface area contributed by atoms with Crippen LogP contribution in [0, 0.1) is 0 Å². The van der Waals surface area contributed by atoms with Gasteiger partial charge >= 0.3 is 0 Å². The van der Waals surface area contributed by atoms with E-state index >= 15 is 0 Å². The van der Waals surface area contributed by atoms with Crippen LogP contribution in [0.15, 0.2) is 54.9 Å². The Morgan fingerprint density at radius 3 is 2.92 bits per heavy atom. The lowest BCUT2D eigenvalue weighted by Crippen LogP contribution is -2.20. The number of aromatic nitrogens is 2. The first-order valence-electron chi connectivity index (χ1n) is 8.37. The standard InChI is InChI=1S/C20H18ClN3O/c21-17-5-2-1-4-15(17)12-19(25)24-13-16(14-7-10-22-11-8-14)20-18(24)6-3-9-23-20/h1-7,9,13,22H,8,10-12H2. The maximum Gasteiger partial charge on any atom is 0.235 e. The summed E-state index contributed by atoms with van der Waals surface area (Å²) in [5, 5.41) is 3.93. The minimum Gasteiger partial charge on any atom is -0.313 e. The normalized spacial score (nSPS) is 14.5. The van der Waals surface area contributed by atoms with Crippen LogP contribution in [0.5, 0.6) is 0 Å². The summed E-state index contributed by atoms with van der Waals surface area (Å²) < 4.78 is 1.71. The number of carbonyl (C=O) groups is 1. The Morgan fingerprint density at radius 2 is 2.12 bits per heavy atom. The number of hydrogen-bond donors (Lipinski definition) is 1. The third-order valence-corrected chi connectivity index (χ3v) is 4.91. The fourth-order valence-electron chi connectivity index (χ4n) is 3.26. The highest BCUT2D eigenvalue weighted by Gasteiger charge is 2.18.